The van der Waals surface area contributed by atoms with Crippen molar-refractivity contribution in [1.29, 1.82) is 5.41 Å². The molecule has 0 amide bonds. The Morgan fingerprint density at radius 3 is 1.00 bits per heavy atom. The number of hydrogen-bond acceptors (Lipinski definition) is 3. The molecule has 4 nitrogen and oxygen atoms in total. The van der Waals surface area contributed by atoms with E-state index in [0.717, 1.165) is 79.9 Å². The lowest BCUT2D eigenvalue weighted by Gasteiger charge is -2.11. The molecule has 0 saturated heterocycles. The molecule has 0 spiro atoms. The second kappa shape index (κ2) is 34.7. The van der Waals surface area contributed by atoms with Gasteiger partial charge in [-0.25, -0.2) is 0 Å². The Kier molecular flexibility index (Phi) is 37.0. The highest BCUT2D eigenvalue weighted by Crippen LogP contribution is 2.22. The highest BCUT2D eigenvalue weighted by molar-refractivity contribution is 7.74. The van der Waals surface area contributed by atoms with Crippen molar-refractivity contribution in [2.75, 3.05) is 0 Å². The number of amidine groups is 1. The van der Waals surface area contributed by atoms with Gasteiger partial charge < -0.3 is 14.6 Å². The zero-order chi connectivity index (χ0) is 29.6. The van der Waals surface area contributed by atoms with Crippen LogP contribution in [0.4, 0.5) is 0 Å². The summed E-state index contributed by atoms with van der Waals surface area (Å²) in [5, 5.41) is 7.89. The molecule has 62 radical (unpaired) electrons. The summed E-state index contributed by atoms with van der Waals surface area (Å²) in [5.41, 5.74) is 6.51. The van der Waals surface area contributed by atoms with Crippen LogP contribution in [0, 0.1) is 5.41 Å². The third kappa shape index (κ3) is 29.4. The van der Waals surface area contributed by atoms with Crippen LogP contribution in [0.5, 0.6) is 11.5 Å². The minimum atomic E-state index is 0.0826. The smallest absolute Gasteiger partial charge is 0.278 e. The number of nitrogens with one attached hydrogen (secondary N) is 1. The first kappa shape index (κ1) is 43.8. The lowest BCUT2D eigenvalue weighted by atomic mass is 10.2. The van der Waals surface area contributed by atoms with Crippen molar-refractivity contribution < 1.29 is 8.85 Å². The average molecular weight is 993 g/mol. The fourth-order valence-corrected chi connectivity index (χ4v) is 175. The Hall–Kier alpha value is 4.80. The second-order valence-electron chi connectivity index (χ2n) is 5.77. The van der Waals surface area contributed by atoms with Crippen LogP contribution in [-0.2, 0) is 0 Å². The van der Waals surface area contributed by atoms with Crippen LogP contribution >= 0.6 is 0 Å². The zero-order valence-corrected chi connectivity index (χ0v) is 50.6. The van der Waals surface area contributed by atoms with Gasteiger partial charge in [-0.2, -0.15) is 0 Å². The summed E-state index contributed by atoms with van der Waals surface area (Å²) < 4.78 is 12.2. The maximum Gasteiger partial charge on any atom is 0.278 e. The van der Waals surface area contributed by atoms with Gasteiger partial charge in [0.25, 0.3) is 18.6 Å². The van der Waals surface area contributed by atoms with Crippen LogP contribution in [0.25, 0.3) is 0 Å². The Labute approximate surface area is 317 Å². The highest BCUT2D eigenvalue weighted by atomic mass is 30.1. The molecule has 0 aromatic heterocycles. The van der Waals surface area contributed by atoms with Gasteiger partial charge in [0.05, 0.1) is 17.1 Å². The first-order valence-corrected chi connectivity index (χ1v) is 67.2. The third-order valence-corrected chi connectivity index (χ3v) is 127. The quantitative estimate of drug-likeness (QED) is 0.0337. The minimum Gasteiger partial charge on any atom is -0.545 e. The van der Waals surface area contributed by atoms with Crippen LogP contribution in [-0.4, -0.2) is 266 Å². The first-order valence-electron chi connectivity index (χ1n) is 10.3. The van der Waals surface area contributed by atoms with Crippen molar-refractivity contribution in [1.82, 2.24) is 0 Å². The van der Waals surface area contributed by atoms with Gasteiger partial charge in [0, 0.05) is 236 Å². The molecule has 0 aliphatic carbocycles. The monoisotopic (exact) mass is 989 g/mol. The molecule has 0 atom stereocenters. The predicted molar refractivity (Wildman–Crippen MR) is 211 cm³/mol. The van der Waals surface area contributed by atoms with Crippen LogP contribution < -0.4 is 14.6 Å². The van der Waals surface area contributed by atoms with Gasteiger partial charge in [-0.1, -0.05) is 0 Å². The third-order valence-electron chi connectivity index (χ3n) is 3.13. The van der Waals surface area contributed by atoms with E-state index in [9.17, 15) is 0 Å². The van der Waals surface area contributed by atoms with Crippen LogP contribution in [0.3, 0.4) is 0 Å². The maximum absolute atomic E-state index is 7.89. The molecule has 1 aromatic carbocycles. The summed E-state index contributed by atoms with van der Waals surface area (Å²) >= 11 is 0. The van der Waals surface area contributed by atoms with Gasteiger partial charge in [0.1, 0.15) is 17.3 Å². The standard InChI is InChI=1S/C7H6N2O2Si30/c8-7(9)4-1-5(10-14-18-22-26-30-34-38-40-36-32-28-24-20-16-12)3-6(2-4)11-15-19-23-27-31-35-39-41-37-33-29-25-21-17-13/h1-3H,(H3,8,9). The first-order chi connectivity index (χ1) is 20.2. The van der Waals surface area contributed by atoms with Gasteiger partial charge >= 0.3 is 0 Å². The number of nitrogen functional groups attached to an aromatic ring is 1. The number of nitrogens with two attached hydrogens (primary N) is 1. The Morgan fingerprint density at radius 2 is 0.732 bits per heavy atom. The number of hydrogen-bond donors (Lipinski definition) is 2. The van der Waals surface area contributed by atoms with Crippen LogP contribution in [0.1, 0.15) is 5.56 Å². The Balaban J connectivity index is 2.08. The summed E-state index contributed by atoms with van der Waals surface area (Å²) in [7, 11) is 39.0. The Bertz CT molecular complexity index is 697. The van der Waals surface area contributed by atoms with E-state index in [4.69, 9.17) is 20.0 Å². The van der Waals surface area contributed by atoms with Crippen LogP contribution in [0.15, 0.2) is 18.2 Å². The lowest BCUT2D eigenvalue weighted by molar-refractivity contribution is 0.581. The van der Waals surface area contributed by atoms with Crippen molar-refractivity contribution in [3.05, 3.63) is 23.8 Å². The fourth-order valence-electron chi connectivity index (χ4n) is 1.75. The van der Waals surface area contributed by atoms with E-state index >= 15 is 0 Å². The van der Waals surface area contributed by atoms with Crippen molar-refractivity contribution in [2.45, 2.75) is 0 Å². The molecular formula is C7H6N2O2Si30. The molecule has 0 saturated carbocycles. The summed E-state index contributed by atoms with van der Waals surface area (Å²) in [4.78, 5) is 0. The van der Waals surface area contributed by atoms with Crippen LogP contribution in [0.2, 0.25) is 0 Å². The normalized spacial score (nSPS) is 11.2. The topological polar surface area (TPSA) is 68.3 Å². The average Bonchev–Trinajstić information content (AvgIpc) is 2.97. The predicted octanol–water partition coefficient (Wildman–Crippen LogP) is -10.8. The van der Waals surface area contributed by atoms with Crippen molar-refractivity contribution in [3.8, 4) is 11.5 Å². The molecule has 1 aromatic rings. The van der Waals surface area contributed by atoms with Crippen molar-refractivity contribution >= 4 is 266 Å². The maximum atomic E-state index is 7.89. The molecule has 0 heterocycles. The van der Waals surface area contributed by atoms with Crippen molar-refractivity contribution in [2.24, 2.45) is 5.73 Å². The molecule has 1 rings (SSSR count). The zero-order valence-electron chi connectivity index (χ0n) is 20.6. The largest absolute Gasteiger partial charge is 0.545 e. The fraction of sp³-hybridized carbons (Fsp3) is 0. The molecule has 0 aliphatic rings. The summed E-state index contributed by atoms with van der Waals surface area (Å²) in [6.07, 6.45) is 0. The van der Waals surface area contributed by atoms with E-state index in [1.165, 1.54) is 154 Å². The number of benzene rings is 1. The van der Waals surface area contributed by atoms with E-state index in [2.05, 4.69) is 19.5 Å². The molecule has 0 unspecified atom stereocenters. The summed E-state index contributed by atoms with van der Waals surface area (Å²) in [5.74, 6) is 1.71. The molecule has 3 N–H and O–H groups in total. The van der Waals surface area contributed by atoms with E-state index in [1.807, 2.05) is 18.2 Å². The summed E-state index contributed by atoms with van der Waals surface area (Å²) in [6.45, 7) is 0. The molecule has 0 aliphatic heterocycles. The highest BCUT2D eigenvalue weighted by Gasteiger charge is 2.08. The van der Waals surface area contributed by atoms with Gasteiger partial charge in [-0.15, -0.1) is 0 Å². The number of rotatable bonds is 31. The second-order valence-corrected chi connectivity index (χ2v) is 92.3. The SMILES string of the molecule is N=C(N)c1cc(O[Si][Si][Si][Si][Si][Si][Si][Si][Si][Si][Si][Si][Si][Si][Si])cc(O[Si][Si][Si][Si][Si][Si][Si][Si][Si][Si][Si][Si][Si][Si][Si])c1. The van der Waals surface area contributed by atoms with Gasteiger partial charge in [-0.05, 0) is 12.1 Å². The molecular weight excluding hydrogens is 987 g/mol. The van der Waals surface area contributed by atoms with Gasteiger partial charge in [0.15, 0.2) is 0 Å². The Morgan fingerprint density at radius 1 is 0.463 bits per heavy atom. The molecule has 41 heavy (non-hydrogen) atoms. The van der Waals surface area contributed by atoms with Gasteiger partial charge in [0.2, 0.25) is 0 Å². The molecule has 0 fully saturated rings. The van der Waals surface area contributed by atoms with E-state index in [-0.39, 0.29) is 5.84 Å². The van der Waals surface area contributed by atoms with E-state index in [0.29, 0.717) is 24.1 Å². The molecule has 34 heteroatoms. The van der Waals surface area contributed by atoms with Crippen molar-refractivity contribution in [3.63, 3.8) is 0 Å². The molecule has 0 bridgehead atoms. The lowest BCUT2D eigenvalue weighted by Crippen LogP contribution is -2.35. The van der Waals surface area contributed by atoms with Gasteiger partial charge in [-0.3, -0.25) is 5.41 Å². The van der Waals surface area contributed by atoms with E-state index < -0.39 is 0 Å². The minimum absolute atomic E-state index is 0.0826. The van der Waals surface area contributed by atoms with E-state index in [1.54, 1.807) is 0 Å². The summed E-state index contributed by atoms with van der Waals surface area (Å²) in [6, 6.07) is 5.80. The molecule has 176 valence electrons.